The van der Waals surface area contributed by atoms with Gasteiger partial charge in [-0.1, -0.05) is 30.3 Å². The molecular weight excluding hydrogens is 316 g/mol. The van der Waals surface area contributed by atoms with Crippen molar-refractivity contribution in [3.05, 3.63) is 48.5 Å². The number of rotatable bonds is 7. The lowest BCUT2D eigenvalue weighted by Crippen LogP contribution is -2.35. The molecule has 0 bridgehead atoms. The van der Waals surface area contributed by atoms with Gasteiger partial charge in [-0.3, -0.25) is 15.6 Å². The summed E-state index contributed by atoms with van der Waals surface area (Å²) in [6.45, 7) is 2.59. The molecule has 0 saturated carbocycles. The monoisotopic (exact) mass is 342 g/mol. The quantitative estimate of drug-likeness (QED) is 0.801. The van der Waals surface area contributed by atoms with Gasteiger partial charge >= 0.3 is 0 Å². The van der Waals surface area contributed by atoms with E-state index in [0.717, 1.165) is 25.8 Å². The van der Waals surface area contributed by atoms with E-state index in [1.54, 1.807) is 15.9 Å². The first-order valence-electron chi connectivity index (χ1n) is 8.80. The number of nitrogens with zero attached hydrogens (tertiary/aromatic N) is 4. The molecule has 3 rings (SSSR count). The average Bonchev–Trinajstić information content (AvgIpc) is 3.33. The fourth-order valence-corrected chi connectivity index (χ4v) is 3.25. The van der Waals surface area contributed by atoms with Crippen molar-refractivity contribution in [2.24, 2.45) is 0 Å². The van der Waals surface area contributed by atoms with Crippen molar-refractivity contribution in [2.75, 3.05) is 13.6 Å². The highest BCUT2D eigenvalue weighted by molar-refractivity contribution is 5.79. The number of hydrogen-bond donors (Lipinski definition) is 2. The van der Waals surface area contributed by atoms with Crippen molar-refractivity contribution in [1.82, 2.24) is 30.5 Å². The summed E-state index contributed by atoms with van der Waals surface area (Å²) in [5.74, 6) is 0.0603. The first-order chi connectivity index (χ1) is 12.1. The minimum absolute atomic E-state index is 0.0603. The maximum atomic E-state index is 12.4. The summed E-state index contributed by atoms with van der Waals surface area (Å²) in [5.41, 5.74) is 8.06. The highest BCUT2D eigenvalue weighted by atomic mass is 16.2. The fourth-order valence-electron chi connectivity index (χ4n) is 3.25. The van der Waals surface area contributed by atoms with E-state index < -0.39 is 0 Å². The number of carbonyl (C=O) groups is 1. The molecule has 2 N–H and O–H groups in total. The van der Waals surface area contributed by atoms with E-state index in [1.807, 2.05) is 20.0 Å². The minimum atomic E-state index is -0.318. The Morgan fingerprint density at radius 1 is 1.36 bits per heavy atom. The van der Waals surface area contributed by atoms with Crippen LogP contribution in [0.3, 0.4) is 0 Å². The summed E-state index contributed by atoms with van der Waals surface area (Å²) in [5, 5.41) is 4.04. The summed E-state index contributed by atoms with van der Waals surface area (Å²) in [7, 11) is 1.85. The molecule has 3 atom stereocenters. The molecule has 2 heterocycles. The zero-order valence-corrected chi connectivity index (χ0v) is 14.8. The maximum absolute atomic E-state index is 12.4. The Bertz CT molecular complexity index is 659. The van der Waals surface area contributed by atoms with E-state index in [9.17, 15) is 4.79 Å². The molecule has 7 nitrogen and oxygen atoms in total. The van der Waals surface area contributed by atoms with Crippen LogP contribution in [0.5, 0.6) is 0 Å². The SMILES string of the molecule is CC(C(=O)N(C)CCCC1CC(c2ccccc2)NN1)n1cncn1. The zero-order chi connectivity index (χ0) is 17.6. The van der Waals surface area contributed by atoms with E-state index in [0.29, 0.717) is 12.1 Å². The molecule has 134 valence electrons. The molecule has 0 radical (unpaired) electrons. The maximum Gasteiger partial charge on any atom is 0.246 e. The number of hydrogen-bond acceptors (Lipinski definition) is 5. The second kappa shape index (κ2) is 8.22. The number of nitrogens with one attached hydrogen (secondary N) is 2. The van der Waals surface area contributed by atoms with Crippen LogP contribution in [0.15, 0.2) is 43.0 Å². The Balaban J connectivity index is 1.40. The van der Waals surface area contributed by atoms with Gasteiger partial charge in [0, 0.05) is 25.7 Å². The summed E-state index contributed by atoms with van der Waals surface area (Å²) in [4.78, 5) is 18.1. The molecule has 1 amide bonds. The van der Waals surface area contributed by atoms with Crippen molar-refractivity contribution in [3.8, 4) is 0 Å². The molecule has 1 aromatic heterocycles. The predicted molar refractivity (Wildman–Crippen MR) is 95.5 cm³/mol. The van der Waals surface area contributed by atoms with E-state index in [4.69, 9.17) is 0 Å². The standard InChI is InChI=1S/C18H26N6O/c1-14(24-13-19-12-20-24)18(25)23(2)10-6-9-16-11-17(22-21-16)15-7-4-3-5-8-15/h3-5,7-8,12-14,16-17,21-22H,6,9-11H2,1-2H3. The van der Waals surface area contributed by atoms with Gasteiger partial charge in [0.2, 0.25) is 5.91 Å². The molecule has 1 aliphatic rings. The lowest BCUT2D eigenvalue weighted by molar-refractivity contribution is -0.133. The molecule has 25 heavy (non-hydrogen) atoms. The van der Waals surface area contributed by atoms with Crippen molar-refractivity contribution in [1.29, 1.82) is 0 Å². The van der Waals surface area contributed by atoms with Gasteiger partial charge in [-0.25, -0.2) is 9.67 Å². The number of hydrazine groups is 1. The minimum Gasteiger partial charge on any atom is -0.344 e. The fraction of sp³-hybridized carbons (Fsp3) is 0.500. The molecule has 3 unspecified atom stereocenters. The second-order valence-electron chi connectivity index (χ2n) is 6.64. The summed E-state index contributed by atoms with van der Waals surface area (Å²) in [6.07, 6.45) is 6.09. The Labute approximate surface area is 148 Å². The van der Waals surface area contributed by atoms with E-state index >= 15 is 0 Å². The molecule has 1 fully saturated rings. The third-order valence-electron chi connectivity index (χ3n) is 4.80. The van der Waals surface area contributed by atoms with Gasteiger partial charge in [-0.05, 0) is 31.7 Å². The Morgan fingerprint density at radius 2 is 2.16 bits per heavy atom. The third-order valence-corrected chi connectivity index (χ3v) is 4.80. The Kier molecular flexibility index (Phi) is 5.78. The summed E-state index contributed by atoms with van der Waals surface area (Å²) < 4.78 is 1.59. The van der Waals surface area contributed by atoms with Gasteiger partial charge in [0.1, 0.15) is 18.7 Å². The van der Waals surface area contributed by atoms with E-state index in [1.165, 1.54) is 11.9 Å². The van der Waals surface area contributed by atoms with Gasteiger partial charge in [-0.15, -0.1) is 0 Å². The first kappa shape index (κ1) is 17.6. The van der Waals surface area contributed by atoms with Gasteiger partial charge in [0.05, 0.1) is 0 Å². The van der Waals surface area contributed by atoms with Crippen molar-refractivity contribution in [2.45, 2.75) is 44.3 Å². The van der Waals surface area contributed by atoms with Crippen LogP contribution in [0.1, 0.15) is 43.8 Å². The van der Waals surface area contributed by atoms with Crippen LogP contribution in [-0.4, -0.2) is 45.2 Å². The summed E-state index contributed by atoms with van der Waals surface area (Å²) in [6, 6.07) is 11.0. The molecular formula is C18H26N6O. The van der Waals surface area contributed by atoms with Gasteiger partial charge < -0.3 is 4.90 Å². The highest BCUT2D eigenvalue weighted by Gasteiger charge is 2.25. The first-order valence-corrected chi connectivity index (χ1v) is 8.80. The molecule has 1 aliphatic heterocycles. The number of likely N-dealkylation sites (N-methyl/N-ethyl adjacent to an activating group) is 1. The summed E-state index contributed by atoms with van der Waals surface area (Å²) >= 11 is 0. The molecule has 2 aromatic rings. The topological polar surface area (TPSA) is 75.1 Å². The number of aromatic nitrogens is 3. The largest absolute Gasteiger partial charge is 0.344 e. The number of amides is 1. The van der Waals surface area contributed by atoms with Crippen LogP contribution in [0.25, 0.3) is 0 Å². The Hall–Kier alpha value is -2.25. The van der Waals surface area contributed by atoms with Crippen molar-refractivity contribution >= 4 is 5.91 Å². The zero-order valence-electron chi connectivity index (χ0n) is 14.8. The van der Waals surface area contributed by atoms with Crippen molar-refractivity contribution < 1.29 is 4.79 Å². The van der Waals surface area contributed by atoms with Gasteiger partial charge in [0.15, 0.2) is 0 Å². The molecule has 0 spiro atoms. The van der Waals surface area contributed by atoms with Gasteiger partial charge in [-0.2, -0.15) is 5.10 Å². The van der Waals surface area contributed by atoms with Crippen LogP contribution in [0.2, 0.25) is 0 Å². The van der Waals surface area contributed by atoms with Crippen LogP contribution in [0.4, 0.5) is 0 Å². The Morgan fingerprint density at radius 3 is 2.88 bits per heavy atom. The second-order valence-corrected chi connectivity index (χ2v) is 6.64. The number of benzene rings is 1. The van der Waals surface area contributed by atoms with Crippen LogP contribution < -0.4 is 10.9 Å². The highest BCUT2D eigenvalue weighted by Crippen LogP contribution is 2.23. The third kappa shape index (κ3) is 4.43. The molecule has 0 aliphatic carbocycles. The van der Waals surface area contributed by atoms with E-state index in [2.05, 4.69) is 45.2 Å². The van der Waals surface area contributed by atoms with Crippen LogP contribution in [0, 0.1) is 0 Å². The molecule has 1 saturated heterocycles. The lowest BCUT2D eigenvalue weighted by Gasteiger charge is -2.22. The average molecular weight is 342 g/mol. The van der Waals surface area contributed by atoms with E-state index in [-0.39, 0.29) is 11.9 Å². The molecule has 1 aromatic carbocycles. The number of carbonyl (C=O) groups excluding carboxylic acids is 1. The van der Waals surface area contributed by atoms with Crippen LogP contribution in [-0.2, 0) is 4.79 Å². The molecule has 7 heteroatoms. The lowest BCUT2D eigenvalue weighted by atomic mass is 10.00. The predicted octanol–water partition coefficient (Wildman–Crippen LogP) is 1.69. The van der Waals surface area contributed by atoms with Crippen molar-refractivity contribution in [3.63, 3.8) is 0 Å². The van der Waals surface area contributed by atoms with Gasteiger partial charge in [0.25, 0.3) is 0 Å². The normalized spacial score (nSPS) is 21.2. The van der Waals surface area contributed by atoms with Crippen LogP contribution >= 0.6 is 0 Å². The smallest absolute Gasteiger partial charge is 0.246 e.